The van der Waals surface area contributed by atoms with E-state index in [1.54, 1.807) is 0 Å². The number of hydrogen-bond acceptors (Lipinski definition) is 5. The third kappa shape index (κ3) is 3.28. The van der Waals surface area contributed by atoms with Gasteiger partial charge in [0, 0.05) is 17.5 Å². The molecule has 6 nitrogen and oxygen atoms in total. The van der Waals surface area contributed by atoms with Crippen LogP contribution in [0.1, 0.15) is 27.7 Å². The zero-order valence-corrected chi connectivity index (χ0v) is 15.2. The van der Waals surface area contributed by atoms with Crippen molar-refractivity contribution in [1.82, 2.24) is 9.55 Å². The summed E-state index contributed by atoms with van der Waals surface area (Å²) < 4.78 is 15.4. The summed E-state index contributed by atoms with van der Waals surface area (Å²) >= 11 is 1.42. The Labute approximate surface area is 152 Å². The van der Waals surface area contributed by atoms with Crippen LogP contribution < -0.4 is 10.9 Å². The van der Waals surface area contributed by atoms with Crippen molar-refractivity contribution in [2.75, 3.05) is 5.32 Å². The first-order chi connectivity index (χ1) is 12.3. The molecule has 26 heavy (non-hydrogen) atoms. The molecule has 2 aromatic heterocycles. The summed E-state index contributed by atoms with van der Waals surface area (Å²) in [5.41, 5.74) is 0.635. The van der Waals surface area contributed by atoms with Crippen LogP contribution in [-0.4, -0.2) is 21.2 Å². The van der Waals surface area contributed by atoms with Gasteiger partial charge in [0.15, 0.2) is 5.78 Å². The summed E-state index contributed by atoms with van der Waals surface area (Å²) in [6.45, 7) is 4.74. The van der Waals surface area contributed by atoms with E-state index >= 15 is 0 Å². The molecule has 0 bridgehead atoms. The highest BCUT2D eigenvalue weighted by Gasteiger charge is 2.17. The number of Topliss-reactive ketones (excluding diaryl/α,β-unsaturated/α-hetero) is 1. The number of nitrogens with one attached hydrogen (secondary N) is 1. The fraction of sp³-hybridized carbons (Fsp3) is 0.222. The third-order valence-corrected chi connectivity index (χ3v) is 5.17. The highest BCUT2D eigenvalue weighted by molar-refractivity contribution is 7.18. The Kier molecular flexibility index (Phi) is 4.69. The standard InChI is InChI=1S/C18H16FN3O3S/c1-9-10(2)26-17-16(9)18(25)22(8-20-17)7-15(24)13-5-4-12(6-14(13)19)21-11(3)23/h4-6,8H,7H2,1-3H3,(H,21,23). The molecule has 0 aliphatic heterocycles. The Morgan fingerprint density at radius 2 is 2.04 bits per heavy atom. The van der Waals surface area contributed by atoms with Gasteiger partial charge in [-0.25, -0.2) is 9.37 Å². The maximum Gasteiger partial charge on any atom is 0.262 e. The quantitative estimate of drug-likeness (QED) is 0.713. The SMILES string of the molecule is CC(=O)Nc1ccc(C(=O)Cn2cnc3sc(C)c(C)c3c2=O)c(F)c1. The molecule has 0 aliphatic carbocycles. The first-order valence-electron chi connectivity index (χ1n) is 7.83. The van der Waals surface area contributed by atoms with Gasteiger partial charge in [0.2, 0.25) is 5.91 Å². The molecular weight excluding hydrogens is 357 g/mol. The number of halogens is 1. The van der Waals surface area contributed by atoms with Crippen molar-refractivity contribution in [2.24, 2.45) is 0 Å². The number of carbonyl (C=O) groups is 2. The largest absolute Gasteiger partial charge is 0.326 e. The minimum absolute atomic E-state index is 0.149. The second kappa shape index (κ2) is 6.80. The van der Waals surface area contributed by atoms with Crippen LogP contribution in [0.4, 0.5) is 10.1 Å². The summed E-state index contributed by atoms with van der Waals surface area (Å²) in [5.74, 6) is -1.65. The molecule has 1 N–H and O–H groups in total. The van der Waals surface area contributed by atoms with Gasteiger partial charge in [-0.15, -0.1) is 11.3 Å². The number of aromatic nitrogens is 2. The van der Waals surface area contributed by atoms with E-state index in [0.717, 1.165) is 16.5 Å². The fourth-order valence-electron chi connectivity index (χ4n) is 2.64. The summed E-state index contributed by atoms with van der Waals surface area (Å²) in [5, 5.41) is 2.94. The zero-order valence-electron chi connectivity index (χ0n) is 14.4. The average Bonchev–Trinajstić information content (AvgIpc) is 2.85. The Bertz CT molecular complexity index is 1100. The monoisotopic (exact) mass is 373 g/mol. The number of anilines is 1. The number of carbonyl (C=O) groups excluding carboxylic acids is 2. The van der Waals surface area contributed by atoms with Gasteiger partial charge in [0.25, 0.3) is 5.56 Å². The number of fused-ring (bicyclic) bond motifs is 1. The summed E-state index contributed by atoms with van der Waals surface area (Å²) in [4.78, 5) is 41.9. The predicted octanol–water partition coefficient (Wildman–Crippen LogP) is 3.06. The van der Waals surface area contributed by atoms with E-state index in [1.807, 2.05) is 13.8 Å². The number of amides is 1. The van der Waals surface area contributed by atoms with Crippen LogP contribution in [0, 0.1) is 19.7 Å². The molecule has 8 heteroatoms. The number of hydrogen-bond donors (Lipinski definition) is 1. The van der Waals surface area contributed by atoms with Gasteiger partial charge in [-0.3, -0.25) is 19.0 Å². The molecule has 0 radical (unpaired) electrons. The van der Waals surface area contributed by atoms with Crippen LogP contribution >= 0.6 is 11.3 Å². The Morgan fingerprint density at radius 1 is 1.31 bits per heavy atom. The lowest BCUT2D eigenvalue weighted by Crippen LogP contribution is -2.25. The molecule has 1 aromatic carbocycles. The molecule has 0 aliphatic rings. The molecule has 134 valence electrons. The van der Waals surface area contributed by atoms with E-state index in [-0.39, 0.29) is 29.3 Å². The van der Waals surface area contributed by atoms with Crippen LogP contribution in [-0.2, 0) is 11.3 Å². The number of nitrogens with zero attached hydrogens (tertiary/aromatic N) is 2. The topological polar surface area (TPSA) is 81.1 Å². The van der Waals surface area contributed by atoms with Crippen LogP contribution in [0.5, 0.6) is 0 Å². The van der Waals surface area contributed by atoms with Crippen molar-refractivity contribution < 1.29 is 14.0 Å². The van der Waals surface area contributed by atoms with Crippen molar-refractivity contribution in [2.45, 2.75) is 27.3 Å². The maximum absolute atomic E-state index is 14.2. The van der Waals surface area contributed by atoms with Crippen LogP contribution in [0.3, 0.4) is 0 Å². The van der Waals surface area contributed by atoms with Gasteiger partial charge >= 0.3 is 0 Å². The van der Waals surface area contributed by atoms with E-state index < -0.39 is 11.6 Å². The molecule has 0 spiro atoms. The zero-order chi connectivity index (χ0) is 19.0. The predicted molar refractivity (Wildman–Crippen MR) is 98.4 cm³/mol. The van der Waals surface area contributed by atoms with Crippen molar-refractivity contribution >= 4 is 38.9 Å². The molecule has 0 saturated heterocycles. The lowest BCUT2D eigenvalue weighted by atomic mass is 10.1. The number of benzene rings is 1. The number of thiophene rings is 1. The van der Waals surface area contributed by atoms with Crippen molar-refractivity contribution in [3.05, 3.63) is 56.7 Å². The van der Waals surface area contributed by atoms with E-state index in [0.29, 0.717) is 10.2 Å². The van der Waals surface area contributed by atoms with E-state index in [2.05, 4.69) is 10.3 Å². The van der Waals surface area contributed by atoms with Crippen molar-refractivity contribution in [3.63, 3.8) is 0 Å². The molecule has 3 aromatic rings. The van der Waals surface area contributed by atoms with Gasteiger partial charge < -0.3 is 5.32 Å². The second-order valence-corrected chi connectivity index (χ2v) is 7.14. The highest BCUT2D eigenvalue weighted by atomic mass is 32.1. The molecule has 0 fully saturated rings. The van der Waals surface area contributed by atoms with Crippen LogP contribution in [0.15, 0.2) is 29.3 Å². The molecule has 0 saturated carbocycles. The molecular formula is C18H16FN3O3S. The highest BCUT2D eigenvalue weighted by Crippen LogP contribution is 2.25. The van der Waals surface area contributed by atoms with Gasteiger partial charge in [-0.05, 0) is 37.6 Å². The number of rotatable bonds is 4. The third-order valence-electron chi connectivity index (χ3n) is 4.06. The van der Waals surface area contributed by atoms with Crippen LogP contribution in [0.25, 0.3) is 10.2 Å². The van der Waals surface area contributed by atoms with E-state index in [9.17, 15) is 18.8 Å². The molecule has 1 amide bonds. The van der Waals surface area contributed by atoms with Gasteiger partial charge in [0.05, 0.1) is 23.8 Å². The van der Waals surface area contributed by atoms with Crippen LogP contribution in [0.2, 0.25) is 0 Å². The summed E-state index contributed by atoms with van der Waals surface area (Å²) in [7, 11) is 0. The lowest BCUT2D eigenvalue weighted by molar-refractivity contribution is -0.114. The van der Waals surface area contributed by atoms with E-state index in [1.165, 1.54) is 41.3 Å². The van der Waals surface area contributed by atoms with Gasteiger partial charge in [-0.2, -0.15) is 0 Å². The smallest absolute Gasteiger partial charge is 0.262 e. The molecule has 0 atom stereocenters. The van der Waals surface area contributed by atoms with E-state index in [4.69, 9.17) is 0 Å². The Morgan fingerprint density at radius 3 is 2.69 bits per heavy atom. The molecule has 0 unspecified atom stereocenters. The lowest BCUT2D eigenvalue weighted by Gasteiger charge is -2.08. The Balaban J connectivity index is 1.92. The first kappa shape index (κ1) is 17.9. The fourth-order valence-corrected chi connectivity index (χ4v) is 3.63. The number of ketones is 1. The minimum atomic E-state index is -0.758. The Hall–Kier alpha value is -2.87. The molecule has 2 heterocycles. The van der Waals surface area contributed by atoms with Gasteiger partial charge in [0.1, 0.15) is 10.6 Å². The maximum atomic E-state index is 14.2. The summed E-state index contributed by atoms with van der Waals surface area (Å²) in [6, 6.07) is 3.81. The normalized spacial score (nSPS) is 10.9. The summed E-state index contributed by atoms with van der Waals surface area (Å²) in [6.07, 6.45) is 1.31. The number of aryl methyl sites for hydroxylation is 2. The van der Waals surface area contributed by atoms with Crippen molar-refractivity contribution in [1.29, 1.82) is 0 Å². The molecule has 3 rings (SSSR count). The van der Waals surface area contributed by atoms with Gasteiger partial charge in [-0.1, -0.05) is 0 Å². The van der Waals surface area contributed by atoms with Crippen molar-refractivity contribution in [3.8, 4) is 0 Å². The second-order valence-electron chi connectivity index (χ2n) is 5.94. The minimum Gasteiger partial charge on any atom is -0.326 e. The first-order valence-corrected chi connectivity index (χ1v) is 8.65. The average molecular weight is 373 g/mol.